The monoisotopic (exact) mass is 298 g/mol. The van der Waals surface area contributed by atoms with Crippen LogP contribution in [0.25, 0.3) is 0 Å². The minimum atomic E-state index is -0.494. The Kier molecular flexibility index (Phi) is 3.66. The summed E-state index contributed by atoms with van der Waals surface area (Å²) < 4.78 is 1.80. The molecule has 0 radical (unpaired) electrons. The smallest absolute Gasteiger partial charge is 0.223 e. The molecule has 1 aromatic heterocycles. The van der Waals surface area contributed by atoms with Gasteiger partial charge in [0, 0.05) is 25.2 Å². The molecule has 0 spiro atoms. The number of aromatic nitrogens is 2. The van der Waals surface area contributed by atoms with Gasteiger partial charge in [0.15, 0.2) is 0 Å². The Morgan fingerprint density at radius 2 is 2.09 bits per heavy atom. The maximum atomic E-state index is 11.9. The Hall–Kier alpha value is -2.63. The lowest BCUT2D eigenvalue weighted by Gasteiger charge is -2.21. The van der Waals surface area contributed by atoms with Crippen LogP contribution >= 0.6 is 0 Å². The molecule has 2 N–H and O–H groups in total. The van der Waals surface area contributed by atoms with E-state index >= 15 is 0 Å². The van der Waals surface area contributed by atoms with E-state index in [1.54, 1.807) is 22.8 Å². The van der Waals surface area contributed by atoms with Crippen LogP contribution in [0.2, 0.25) is 0 Å². The zero-order chi connectivity index (χ0) is 15.7. The third-order valence-electron chi connectivity index (χ3n) is 4.13. The standard InChI is InChI=1S/C16H18N4O2/c1-19-14(21)7-13(16(17)22)15(19)12-8-18-20(10-12)9-11-5-3-2-4-6-11/h2-6,8,10,13,15H,7,9H2,1H3,(H2,17,22)/t13-,15+/m1/s1. The van der Waals surface area contributed by atoms with Gasteiger partial charge in [0.25, 0.3) is 0 Å². The van der Waals surface area contributed by atoms with E-state index in [1.807, 2.05) is 36.5 Å². The van der Waals surface area contributed by atoms with E-state index in [4.69, 9.17) is 5.73 Å². The van der Waals surface area contributed by atoms with Gasteiger partial charge in [0.05, 0.1) is 24.7 Å². The van der Waals surface area contributed by atoms with Crippen LogP contribution in [0.1, 0.15) is 23.6 Å². The molecule has 0 saturated carbocycles. The van der Waals surface area contributed by atoms with Crippen molar-refractivity contribution in [2.24, 2.45) is 11.7 Å². The maximum Gasteiger partial charge on any atom is 0.223 e. The highest BCUT2D eigenvalue weighted by Gasteiger charge is 2.42. The molecule has 1 saturated heterocycles. The van der Waals surface area contributed by atoms with E-state index in [2.05, 4.69) is 5.10 Å². The molecule has 1 fully saturated rings. The fraction of sp³-hybridized carbons (Fsp3) is 0.312. The first-order valence-electron chi connectivity index (χ1n) is 7.17. The van der Waals surface area contributed by atoms with E-state index < -0.39 is 11.8 Å². The van der Waals surface area contributed by atoms with Crippen molar-refractivity contribution in [3.05, 3.63) is 53.9 Å². The predicted molar refractivity (Wildman–Crippen MR) is 80.6 cm³/mol. The summed E-state index contributed by atoms with van der Waals surface area (Å²) >= 11 is 0. The molecule has 3 rings (SSSR count). The van der Waals surface area contributed by atoms with Crippen LogP contribution in [0, 0.1) is 5.92 Å². The summed E-state index contributed by atoms with van der Waals surface area (Å²) in [5, 5.41) is 4.34. The number of carbonyl (C=O) groups is 2. The summed E-state index contributed by atoms with van der Waals surface area (Å²) in [6.07, 6.45) is 3.75. The third kappa shape index (κ3) is 2.59. The van der Waals surface area contributed by atoms with Gasteiger partial charge in [0.2, 0.25) is 11.8 Å². The molecule has 1 aromatic carbocycles. The second kappa shape index (κ2) is 5.63. The van der Waals surface area contributed by atoms with Gasteiger partial charge in [-0.15, -0.1) is 0 Å². The normalized spacial score (nSPS) is 21.3. The largest absolute Gasteiger partial charge is 0.369 e. The van der Waals surface area contributed by atoms with Crippen molar-refractivity contribution in [2.45, 2.75) is 19.0 Å². The predicted octanol–water partition coefficient (Wildman–Crippen LogP) is 0.936. The van der Waals surface area contributed by atoms with Gasteiger partial charge in [-0.3, -0.25) is 14.3 Å². The molecular formula is C16H18N4O2. The Morgan fingerprint density at radius 3 is 2.77 bits per heavy atom. The van der Waals surface area contributed by atoms with Gasteiger partial charge in [-0.25, -0.2) is 0 Å². The van der Waals surface area contributed by atoms with Crippen molar-refractivity contribution in [1.29, 1.82) is 0 Å². The molecule has 2 aromatic rings. The molecule has 2 atom stereocenters. The SMILES string of the molecule is CN1C(=O)C[C@@H](C(N)=O)[C@@H]1c1cnn(Cc2ccccc2)c1. The van der Waals surface area contributed by atoms with Crippen LogP contribution < -0.4 is 5.73 Å². The lowest BCUT2D eigenvalue weighted by atomic mass is 9.95. The molecule has 114 valence electrons. The molecule has 1 aliphatic heterocycles. The summed E-state index contributed by atoms with van der Waals surface area (Å²) in [7, 11) is 1.70. The minimum absolute atomic E-state index is 0.0652. The topological polar surface area (TPSA) is 81.2 Å². The first-order valence-corrected chi connectivity index (χ1v) is 7.17. The molecule has 0 aliphatic carbocycles. The first kappa shape index (κ1) is 14.3. The second-order valence-corrected chi connectivity index (χ2v) is 5.62. The second-order valence-electron chi connectivity index (χ2n) is 5.62. The molecule has 1 aliphatic rings. The number of hydrogen-bond donors (Lipinski definition) is 1. The Labute approximate surface area is 128 Å². The number of amides is 2. The summed E-state index contributed by atoms with van der Waals surface area (Å²) in [6.45, 7) is 0.645. The van der Waals surface area contributed by atoms with E-state index in [0.29, 0.717) is 6.54 Å². The Bertz CT molecular complexity index is 695. The van der Waals surface area contributed by atoms with Crippen molar-refractivity contribution in [1.82, 2.24) is 14.7 Å². The Morgan fingerprint density at radius 1 is 1.36 bits per heavy atom. The fourth-order valence-corrected chi connectivity index (χ4v) is 2.97. The summed E-state index contributed by atoms with van der Waals surface area (Å²) in [6, 6.07) is 9.65. The molecule has 22 heavy (non-hydrogen) atoms. The van der Waals surface area contributed by atoms with Crippen molar-refractivity contribution in [3.63, 3.8) is 0 Å². The number of benzene rings is 1. The number of primary amides is 1. The van der Waals surface area contributed by atoms with E-state index in [-0.39, 0.29) is 18.4 Å². The van der Waals surface area contributed by atoms with Crippen molar-refractivity contribution in [3.8, 4) is 0 Å². The number of likely N-dealkylation sites (tertiary alicyclic amines) is 1. The first-order chi connectivity index (χ1) is 10.6. The van der Waals surface area contributed by atoms with Gasteiger partial charge >= 0.3 is 0 Å². The molecular weight excluding hydrogens is 280 g/mol. The number of hydrogen-bond acceptors (Lipinski definition) is 3. The molecule has 2 heterocycles. The van der Waals surface area contributed by atoms with Crippen molar-refractivity contribution in [2.75, 3.05) is 7.05 Å². The number of carbonyl (C=O) groups excluding carboxylic acids is 2. The lowest BCUT2D eigenvalue weighted by Crippen LogP contribution is -2.30. The Balaban J connectivity index is 1.83. The third-order valence-corrected chi connectivity index (χ3v) is 4.13. The highest BCUT2D eigenvalue weighted by Crippen LogP contribution is 2.36. The van der Waals surface area contributed by atoms with Crippen molar-refractivity contribution < 1.29 is 9.59 Å². The quantitative estimate of drug-likeness (QED) is 0.912. The van der Waals surface area contributed by atoms with E-state index in [9.17, 15) is 9.59 Å². The highest BCUT2D eigenvalue weighted by atomic mass is 16.2. The van der Waals surface area contributed by atoms with Crippen LogP contribution in [0.15, 0.2) is 42.7 Å². The average molecular weight is 298 g/mol. The van der Waals surface area contributed by atoms with Crippen LogP contribution in [-0.4, -0.2) is 33.5 Å². The highest BCUT2D eigenvalue weighted by molar-refractivity contribution is 5.89. The molecule has 0 bridgehead atoms. The summed E-state index contributed by atoms with van der Waals surface area (Å²) in [5.41, 5.74) is 7.41. The van der Waals surface area contributed by atoms with Crippen LogP contribution in [0.5, 0.6) is 0 Å². The summed E-state index contributed by atoms with van der Waals surface area (Å²) in [4.78, 5) is 25.0. The molecule has 6 heteroatoms. The van der Waals surface area contributed by atoms with Gasteiger partial charge < -0.3 is 10.6 Å². The maximum absolute atomic E-state index is 11.9. The van der Waals surface area contributed by atoms with Gasteiger partial charge in [-0.1, -0.05) is 30.3 Å². The number of rotatable bonds is 4. The fourth-order valence-electron chi connectivity index (χ4n) is 2.97. The summed E-state index contributed by atoms with van der Waals surface area (Å²) in [5.74, 6) is -1.00. The van der Waals surface area contributed by atoms with Crippen LogP contribution in [0.4, 0.5) is 0 Å². The number of nitrogens with zero attached hydrogens (tertiary/aromatic N) is 3. The molecule has 2 amide bonds. The number of nitrogens with two attached hydrogens (primary N) is 1. The van der Waals surface area contributed by atoms with Gasteiger partial charge in [0.1, 0.15) is 0 Å². The average Bonchev–Trinajstić information content (AvgIpc) is 3.06. The minimum Gasteiger partial charge on any atom is -0.369 e. The van der Waals surface area contributed by atoms with E-state index in [1.165, 1.54) is 0 Å². The van der Waals surface area contributed by atoms with E-state index in [0.717, 1.165) is 11.1 Å². The zero-order valence-corrected chi connectivity index (χ0v) is 12.3. The lowest BCUT2D eigenvalue weighted by molar-refractivity contribution is -0.128. The van der Waals surface area contributed by atoms with Gasteiger partial charge in [-0.2, -0.15) is 5.10 Å². The van der Waals surface area contributed by atoms with Crippen LogP contribution in [0.3, 0.4) is 0 Å². The molecule has 6 nitrogen and oxygen atoms in total. The van der Waals surface area contributed by atoms with Gasteiger partial charge in [-0.05, 0) is 5.56 Å². The van der Waals surface area contributed by atoms with Crippen LogP contribution in [-0.2, 0) is 16.1 Å². The zero-order valence-electron chi connectivity index (χ0n) is 12.3. The van der Waals surface area contributed by atoms with Crippen molar-refractivity contribution >= 4 is 11.8 Å². The molecule has 0 unspecified atom stereocenters.